The standard InChI is InChI=1S/C13H20O3/c1-4-13(12(14)15)8-5-6-10(2)11(13)7-9-16-3/h5-6,8,11H,4,7,9H2,1-3H3,(H,14,15). The molecule has 0 aromatic heterocycles. The van der Waals surface area contributed by atoms with Gasteiger partial charge in [-0.1, -0.05) is 30.7 Å². The van der Waals surface area contributed by atoms with Gasteiger partial charge in [-0.25, -0.2) is 0 Å². The van der Waals surface area contributed by atoms with E-state index in [9.17, 15) is 9.90 Å². The van der Waals surface area contributed by atoms with E-state index in [-0.39, 0.29) is 5.92 Å². The normalized spacial score (nSPS) is 28.9. The Hall–Kier alpha value is -1.09. The molecule has 0 bridgehead atoms. The van der Waals surface area contributed by atoms with Crippen molar-refractivity contribution >= 4 is 5.97 Å². The van der Waals surface area contributed by atoms with E-state index < -0.39 is 11.4 Å². The van der Waals surface area contributed by atoms with Crippen LogP contribution in [0.4, 0.5) is 0 Å². The minimum atomic E-state index is -0.753. The maximum Gasteiger partial charge on any atom is 0.314 e. The van der Waals surface area contributed by atoms with Gasteiger partial charge >= 0.3 is 5.97 Å². The van der Waals surface area contributed by atoms with Crippen molar-refractivity contribution in [1.82, 2.24) is 0 Å². The third-order valence-corrected chi connectivity index (χ3v) is 3.52. The molecule has 1 rings (SSSR count). The number of carboxylic acid groups (broad SMARTS) is 1. The molecule has 2 atom stereocenters. The first-order valence-electron chi connectivity index (χ1n) is 5.66. The van der Waals surface area contributed by atoms with Gasteiger partial charge in [-0.3, -0.25) is 4.79 Å². The summed E-state index contributed by atoms with van der Waals surface area (Å²) in [6.07, 6.45) is 7.04. The number of ether oxygens (including phenoxy) is 1. The fourth-order valence-corrected chi connectivity index (χ4v) is 2.47. The molecule has 0 aliphatic heterocycles. The van der Waals surface area contributed by atoms with Gasteiger partial charge in [0, 0.05) is 19.6 Å². The summed E-state index contributed by atoms with van der Waals surface area (Å²) in [5.74, 6) is -0.695. The van der Waals surface area contributed by atoms with Crippen molar-refractivity contribution in [3.63, 3.8) is 0 Å². The smallest absolute Gasteiger partial charge is 0.314 e. The molecule has 1 N–H and O–H groups in total. The summed E-state index contributed by atoms with van der Waals surface area (Å²) in [6.45, 7) is 4.52. The Morgan fingerprint density at radius 2 is 2.31 bits per heavy atom. The Bertz CT molecular complexity index is 317. The van der Waals surface area contributed by atoms with E-state index in [4.69, 9.17) is 4.74 Å². The minimum absolute atomic E-state index is 0.0416. The fraction of sp³-hybridized carbons (Fsp3) is 0.615. The van der Waals surface area contributed by atoms with Crippen LogP contribution in [-0.4, -0.2) is 24.8 Å². The molecule has 1 aliphatic carbocycles. The van der Waals surface area contributed by atoms with Crippen LogP contribution in [0.5, 0.6) is 0 Å². The molecular formula is C13H20O3. The van der Waals surface area contributed by atoms with E-state index in [0.29, 0.717) is 13.0 Å². The van der Waals surface area contributed by atoms with Gasteiger partial charge in [0.2, 0.25) is 0 Å². The number of rotatable bonds is 5. The maximum absolute atomic E-state index is 11.5. The zero-order valence-electron chi connectivity index (χ0n) is 10.2. The highest BCUT2D eigenvalue weighted by molar-refractivity contribution is 5.78. The molecule has 3 heteroatoms. The van der Waals surface area contributed by atoms with Crippen LogP contribution in [0, 0.1) is 11.3 Å². The van der Waals surface area contributed by atoms with Crippen molar-refractivity contribution < 1.29 is 14.6 Å². The van der Waals surface area contributed by atoms with E-state index in [2.05, 4.69) is 0 Å². The summed E-state index contributed by atoms with van der Waals surface area (Å²) in [5, 5.41) is 9.46. The number of hydrogen-bond acceptors (Lipinski definition) is 2. The highest BCUT2D eigenvalue weighted by atomic mass is 16.5. The zero-order valence-corrected chi connectivity index (χ0v) is 10.2. The maximum atomic E-state index is 11.5. The first-order chi connectivity index (χ1) is 7.58. The largest absolute Gasteiger partial charge is 0.481 e. The molecule has 1 aliphatic rings. The third kappa shape index (κ3) is 2.19. The van der Waals surface area contributed by atoms with Crippen molar-refractivity contribution in [2.24, 2.45) is 11.3 Å². The number of allylic oxidation sites excluding steroid dienone is 3. The Balaban J connectivity index is 3.00. The minimum Gasteiger partial charge on any atom is -0.481 e. The molecule has 0 radical (unpaired) electrons. The molecule has 0 aromatic rings. The van der Waals surface area contributed by atoms with E-state index in [1.807, 2.05) is 32.1 Å². The van der Waals surface area contributed by atoms with Gasteiger partial charge < -0.3 is 9.84 Å². The zero-order chi connectivity index (χ0) is 12.2. The van der Waals surface area contributed by atoms with Crippen molar-refractivity contribution in [3.8, 4) is 0 Å². The van der Waals surface area contributed by atoms with Gasteiger partial charge in [-0.05, 0) is 19.8 Å². The second kappa shape index (κ2) is 5.30. The van der Waals surface area contributed by atoms with E-state index in [0.717, 1.165) is 12.0 Å². The summed E-state index contributed by atoms with van der Waals surface area (Å²) < 4.78 is 5.07. The van der Waals surface area contributed by atoms with Crippen LogP contribution in [0.2, 0.25) is 0 Å². The average Bonchev–Trinajstić information content (AvgIpc) is 2.26. The van der Waals surface area contributed by atoms with Crippen LogP contribution in [-0.2, 0) is 9.53 Å². The van der Waals surface area contributed by atoms with E-state index >= 15 is 0 Å². The number of hydrogen-bond donors (Lipinski definition) is 1. The molecule has 0 amide bonds. The van der Waals surface area contributed by atoms with Crippen LogP contribution < -0.4 is 0 Å². The Labute approximate surface area is 96.8 Å². The van der Waals surface area contributed by atoms with Gasteiger partial charge in [0.05, 0.1) is 5.41 Å². The second-order valence-electron chi connectivity index (χ2n) is 4.30. The molecule has 0 saturated carbocycles. The predicted octanol–water partition coefficient (Wildman–Crippen LogP) is 2.64. The average molecular weight is 224 g/mol. The van der Waals surface area contributed by atoms with Crippen molar-refractivity contribution in [2.45, 2.75) is 26.7 Å². The Morgan fingerprint density at radius 3 is 2.81 bits per heavy atom. The van der Waals surface area contributed by atoms with Crippen LogP contribution >= 0.6 is 0 Å². The lowest BCUT2D eigenvalue weighted by molar-refractivity contribution is -0.148. The summed E-state index contributed by atoms with van der Waals surface area (Å²) in [5.41, 5.74) is 0.376. The lowest BCUT2D eigenvalue weighted by atomic mass is 9.66. The molecule has 3 nitrogen and oxygen atoms in total. The molecule has 0 saturated heterocycles. The molecular weight excluding hydrogens is 204 g/mol. The molecule has 0 aromatic carbocycles. The van der Waals surface area contributed by atoms with Crippen LogP contribution in [0.1, 0.15) is 26.7 Å². The van der Waals surface area contributed by atoms with E-state index in [1.54, 1.807) is 7.11 Å². The first-order valence-corrected chi connectivity index (χ1v) is 5.66. The van der Waals surface area contributed by atoms with Crippen molar-refractivity contribution in [3.05, 3.63) is 23.8 Å². The van der Waals surface area contributed by atoms with Gasteiger partial charge in [-0.15, -0.1) is 0 Å². The summed E-state index contributed by atoms with van der Waals surface area (Å²) in [4.78, 5) is 11.5. The Kier molecular flexibility index (Phi) is 4.30. The lowest BCUT2D eigenvalue weighted by Gasteiger charge is -2.36. The molecule has 90 valence electrons. The summed E-state index contributed by atoms with van der Waals surface area (Å²) in [6, 6.07) is 0. The van der Waals surface area contributed by atoms with Crippen LogP contribution in [0.3, 0.4) is 0 Å². The van der Waals surface area contributed by atoms with Gasteiger partial charge in [-0.2, -0.15) is 0 Å². The van der Waals surface area contributed by atoms with Crippen LogP contribution in [0.25, 0.3) is 0 Å². The quantitative estimate of drug-likeness (QED) is 0.781. The van der Waals surface area contributed by atoms with Crippen LogP contribution in [0.15, 0.2) is 23.8 Å². The molecule has 2 unspecified atom stereocenters. The van der Waals surface area contributed by atoms with Gasteiger partial charge in [0.25, 0.3) is 0 Å². The Morgan fingerprint density at radius 1 is 1.62 bits per heavy atom. The molecule has 0 fully saturated rings. The number of carbonyl (C=O) groups is 1. The number of carboxylic acids is 1. The van der Waals surface area contributed by atoms with Crippen molar-refractivity contribution in [2.75, 3.05) is 13.7 Å². The highest BCUT2D eigenvalue weighted by Gasteiger charge is 2.43. The topological polar surface area (TPSA) is 46.5 Å². The highest BCUT2D eigenvalue weighted by Crippen LogP contribution is 2.42. The third-order valence-electron chi connectivity index (χ3n) is 3.52. The number of methoxy groups -OCH3 is 1. The first kappa shape index (κ1) is 13.0. The molecule has 0 heterocycles. The van der Waals surface area contributed by atoms with E-state index in [1.165, 1.54) is 0 Å². The van der Waals surface area contributed by atoms with Crippen molar-refractivity contribution in [1.29, 1.82) is 0 Å². The monoisotopic (exact) mass is 224 g/mol. The SMILES string of the molecule is CCC1(C(=O)O)C=CC=C(C)C1CCOC. The lowest BCUT2D eigenvalue weighted by Crippen LogP contribution is -2.39. The second-order valence-corrected chi connectivity index (χ2v) is 4.30. The summed E-state index contributed by atoms with van der Waals surface area (Å²) in [7, 11) is 1.64. The predicted molar refractivity (Wildman–Crippen MR) is 63.2 cm³/mol. The number of aliphatic carboxylic acids is 1. The van der Waals surface area contributed by atoms with Gasteiger partial charge in [0.1, 0.15) is 0 Å². The molecule has 16 heavy (non-hydrogen) atoms. The summed E-state index contributed by atoms with van der Waals surface area (Å²) >= 11 is 0. The fourth-order valence-electron chi connectivity index (χ4n) is 2.47. The van der Waals surface area contributed by atoms with Gasteiger partial charge in [0.15, 0.2) is 0 Å². The molecule has 0 spiro atoms.